The number of ether oxygens (including phenoxy) is 1. The number of aromatic nitrogens is 2. The van der Waals surface area contributed by atoms with E-state index in [1.54, 1.807) is 37.9 Å². The van der Waals surface area contributed by atoms with E-state index in [1.165, 1.54) is 12.4 Å². The first kappa shape index (κ1) is 11.1. The molecule has 1 aromatic carbocycles. The van der Waals surface area contributed by atoms with E-state index in [4.69, 9.17) is 4.74 Å². The van der Waals surface area contributed by atoms with Crippen LogP contribution in [-0.4, -0.2) is 28.4 Å². The summed E-state index contributed by atoms with van der Waals surface area (Å²) in [5.74, 6) is 0.734. The molecule has 0 unspecified atom stereocenters. The summed E-state index contributed by atoms with van der Waals surface area (Å²) in [4.78, 5) is 11.9. The average molecular weight is 229 g/mol. The van der Waals surface area contributed by atoms with Gasteiger partial charge in [-0.15, -0.1) is 0 Å². The number of hydrogen-bond donors (Lipinski definition) is 1. The number of benzene rings is 1. The third-order valence-corrected chi connectivity index (χ3v) is 2.12. The monoisotopic (exact) mass is 229 g/mol. The van der Waals surface area contributed by atoms with Crippen molar-refractivity contribution in [3.8, 4) is 11.5 Å². The quantitative estimate of drug-likeness (QED) is 0.817. The smallest absolute Gasteiger partial charge is 0.141 e. The van der Waals surface area contributed by atoms with Crippen LogP contribution in [0, 0.1) is 0 Å². The molecule has 2 rings (SSSR count). The Hall–Kier alpha value is -2.43. The summed E-state index contributed by atoms with van der Waals surface area (Å²) in [6.07, 6.45) is 6.29. The normalized spacial score (nSPS) is 10.6. The molecule has 86 valence electrons. The SMILES string of the molecule is COc1ccc(O)c(N=Cc2cncnc2)c1. The van der Waals surface area contributed by atoms with Gasteiger partial charge in [-0.2, -0.15) is 0 Å². The highest BCUT2D eigenvalue weighted by molar-refractivity contribution is 5.81. The van der Waals surface area contributed by atoms with E-state index >= 15 is 0 Å². The second kappa shape index (κ2) is 5.07. The van der Waals surface area contributed by atoms with Gasteiger partial charge in [-0.25, -0.2) is 9.97 Å². The molecule has 1 heterocycles. The van der Waals surface area contributed by atoms with E-state index in [0.717, 1.165) is 5.56 Å². The molecule has 0 radical (unpaired) electrons. The van der Waals surface area contributed by atoms with Crippen LogP contribution in [-0.2, 0) is 0 Å². The van der Waals surface area contributed by atoms with E-state index in [2.05, 4.69) is 15.0 Å². The van der Waals surface area contributed by atoms with Gasteiger partial charge in [0.1, 0.15) is 23.5 Å². The van der Waals surface area contributed by atoms with Crippen molar-refractivity contribution in [1.82, 2.24) is 9.97 Å². The molecule has 5 nitrogen and oxygen atoms in total. The van der Waals surface area contributed by atoms with Crippen molar-refractivity contribution in [3.05, 3.63) is 42.5 Å². The number of nitrogens with zero attached hydrogens (tertiary/aromatic N) is 3. The Kier molecular flexibility index (Phi) is 3.30. The van der Waals surface area contributed by atoms with Crippen LogP contribution >= 0.6 is 0 Å². The number of aliphatic imine (C=N–C) groups is 1. The first-order valence-corrected chi connectivity index (χ1v) is 4.95. The lowest BCUT2D eigenvalue weighted by Crippen LogP contribution is -1.85. The molecule has 5 heteroatoms. The van der Waals surface area contributed by atoms with Crippen LogP contribution in [0.25, 0.3) is 0 Å². The molecule has 0 aliphatic rings. The van der Waals surface area contributed by atoms with Gasteiger partial charge in [-0.05, 0) is 12.1 Å². The number of phenols is 1. The number of phenolic OH excluding ortho intramolecular Hbond substituents is 1. The number of rotatable bonds is 3. The van der Waals surface area contributed by atoms with Gasteiger partial charge in [-0.1, -0.05) is 0 Å². The lowest BCUT2D eigenvalue weighted by molar-refractivity contribution is 0.412. The van der Waals surface area contributed by atoms with Gasteiger partial charge >= 0.3 is 0 Å². The van der Waals surface area contributed by atoms with Gasteiger partial charge in [0.05, 0.1) is 7.11 Å². The molecule has 2 aromatic rings. The summed E-state index contributed by atoms with van der Waals surface area (Å²) in [5.41, 5.74) is 1.20. The zero-order valence-corrected chi connectivity index (χ0v) is 9.24. The molecule has 1 N–H and O–H groups in total. The first-order valence-electron chi connectivity index (χ1n) is 4.95. The Morgan fingerprint density at radius 2 is 2.06 bits per heavy atom. The van der Waals surface area contributed by atoms with Gasteiger partial charge in [0.25, 0.3) is 0 Å². The fourth-order valence-electron chi connectivity index (χ4n) is 1.25. The van der Waals surface area contributed by atoms with Gasteiger partial charge in [0.15, 0.2) is 0 Å². The van der Waals surface area contributed by atoms with Crippen molar-refractivity contribution in [1.29, 1.82) is 0 Å². The fraction of sp³-hybridized carbons (Fsp3) is 0.0833. The molecule has 0 amide bonds. The average Bonchev–Trinajstić information content (AvgIpc) is 2.39. The minimum absolute atomic E-state index is 0.0962. The standard InChI is InChI=1S/C12H11N3O2/c1-17-10-2-3-12(16)11(4-10)15-7-9-5-13-8-14-6-9/h2-8,16H,1H3. The molecule has 0 aliphatic heterocycles. The second-order valence-corrected chi connectivity index (χ2v) is 3.28. The Morgan fingerprint density at radius 1 is 1.29 bits per heavy atom. The summed E-state index contributed by atoms with van der Waals surface area (Å²) < 4.78 is 5.05. The van der Waals surface area contributed by atoms with E-state index in [1.807, 2.05) is 0 Å². The third kappa shape index (κ3) is 2.78. The number of methoxy groups -OCH3 is 1. The van der Waals surface area contributed by atoms with Crippen LogP contribution in [0.15, 0.2) is 41.9 Å². The molecular weight excluding hydrogens is 218 g/mol. The highest BCUT2D eigenvalue weighted by Gasteiger charge is 2.00. The largest absolute Gasteiger partial charge is 0.506 e. The zero-order valence-electron chi connectivity index (χ0n) is 9.24. The molecule has 0 atom stereocenters. The molecule has 17 heavy (non-hydrogen) atoms. The zero-order chi connectivity index (χ0) is 12.1. The molecular formula is C12H11N3O2. The van der Waals surface area contributed by atoms with Crippen LogP contribution < -0.4 is 4.74 Å². The minimum atomic E-state index is 0.0962. The molecule has 0 spiro atoms. The molecule has 0 fully saturated rings. The predicted octanol–water partition coefficient (Wildman–Crippen LogP) is 1.94. The topological polar surface area (TPSA) is 67.6 Å². The van der Waals surface area contributed by atoms with Crippen molar-refractivity contribution in [2.45, 2.75) is 0 Å². The summed E-state index contributed by atoms with van der Waals surface area (Å²) >= 11 is 0. The second-order valence-electron chi connectivity index (χ2n) is 3.28. The maximum atomic E-state index is 9.61. The van der Waals surface area contributed by atoms with Crippen LogP contribution in [0.1, 0.15) is 5.56 Å². The Labute approximate surface area is 98.5 Å². The van der Waals surface area contributed by atoms with Gasteiger partial charge in [0, 0.05) is 30.2 Å². The first-order chi connectivity index (χ1) is 8.29. The van der Waals surface area contributed by atoms with Crippen molar-refractivity contribution >= 4 is 11.9 Å². The van der Waals surface area contributed by atoms with Crippen LogP contribution in [0.2, 0.25) is 0 Å². The van der Waals surface area contributed by atoms with E-state index in [-0.39, 0.29) is 5.75 Å². The molecule has 0 saturated heterocycles. The lowest BCUT2D eigenvalue weighted by atomic mass is 10.3. The Bertz CT molecular complexity index is 527. The van der Waals surface area contributed by atoms with Crippen LogP contribution in [0.5, 0.6) is 11.5 Å². The maximum absolute atomic E-state index is 9.61. The molecule has 0 bridgehead atoms. The van der Waals surface area contributed by atoms with Crippen LogP contribution in [0.4, 0.5) is 5.69 Å². The van der Waals surface area contributed by atoms with E-state index in [9.17, 15) is 5.11 Å². The maximum Gasteiger partial charge on any atom is 0.141 e. The number of hydrogen-bond acceptors (Lipinski definition) is 5. The van der Waals surface area contributed by atoms with Gasteiger partial charge in [-0.3, -0.25) is 4.99 Å². The summed E-state index contributed by atoms with van der Waals surface area (Å²) in [7, 11) is 1.56. The van der Waals surface area contributed by atoms with Gasteiger partial charge in [0.2, 0.25) is 0 Å². The van der Waals surface area contributed by atoms with Crippen molar-refractivity contribution in [2.24, 2.45) is 4.99 Å². The Morgan fingerprint density at radius 3 is 2.76 bits per heavy atom. The molecule has 1 aromatic heterocycles. The van der Waals surface area contributed by atoms with Crippen molar-refractivity contribution in [2.75, 3.05) is 7.11 Å². The van der Waals surface area contributed by atoms with Crippen LogP contribution in [0.3, 0.4) is 0 Å². The highest BCUT2D eigenvalue weighted by Crippen LogP contribution is 2.30. The highest BCUT2D eigenvalue weighted by atomic mass is 16.5. The van der Waals surface area contributed by atoms with E-state index < -0.39 is 0 Å². The number of aromatic hydroxyl groups is 1. The Balaban J connectivity index is 2.26. The molecule has 0 saturated carbocycles. The third-order valence-electron chi connectivity index (χ3n) is 2.12. The minimum Gasteiger partial charge on any atom is -0.506 e. The summed E-state index contributed by atoms with van der Waals surface area (Å²) in [5, 5.41) is 9.61. The lowest BCUT2D eigenvalue weighted by Gasteiger charge is -2.02. The fourth-order valence-corrected chi connectivity index (χ4v) is 1.25. The summed E-state index contributed by atoms with van der Waals surface area (Å²) in [6, 6.07) is 4.85. The predicted molar refractivity (Wildman–Crippen MR) is 63.9 cm³/mol. The van der Waals surface area contributed by atoms with Crippen molar-refractivity contribution in [3.63, 3.8) is 0 Å². The molecule has 0 aliphatic carbocycles. The van der Waals surface area contributed by atoms with E-state index in [0.29, 0.717) is 11.4 Å². The van der Waals surface area contributed by atoms with Gasteiger partial charge < -0.3 is 9.84 Å². The summed E-state index contributed by atoms with van der Waals surface area (Å²) in [6.45, 7) is 0. The van der Waals surface area contributed by atoms with Crippen molar-refractivity contribution < 1.29 is 9.84 Å².